The highest BCUT2D eigenvalue weighted by atomic mass is 35.5. The van der Waals surface area contributed by atoms with Crippen LogP contribution in [0.25, 0.3) is 6.08 Å². The van der Waals surface area contributed by atoms with E-state index in [0.717, 1.165) is 6.08 Å². The zero-order chi connectivity index (χ0) is 21.0. The molecular formula is C17H11Cl2N3O7. The van der Waals surface area contributed by atoms with Gasteiger partial charge in [0.05, 0.1) is 26.6 Å². The van der Waals surface area contributed by atoms with Gasteiger partial charge < -0.3 is 19.5 Å². The molecule has 2 aromatic rings. The van der Waals surface area contributed by atoms with Crippen LogP contribution in [0, 0.1) is 10.1 Å². The number of fused-ring (bicyclic) bond motifs is 1. The molecule has 3 rings (SSSR count). The molecule has 1 amide bonds. The van der Waals surface area contributed by atoms with Crippen LogP contribution in [-0.2, 0) is 14.3 Å². The zero-order valence-electron chi connectivity index (χ0n) is 14.4. The van der Waals surface area contributed by atoms with E-state index < -0.39 is 23.4 Å². The van der Waals surface area contributed by atoms with Crippen molar-refractivity contribution in [1.29, 1.82) is 0 Å². The fraction of sp³-hybridized carbons (Fsp3) is 0.118. The Labute approximate surface area is 173 Å². The van der Waals surface area contributed by atoms with Gasteiger partial charge in [-0.05, 0) is 18.2 Å². The van der Waals surface area contributed by atoms with Gasteiger partial charge in [0.1, 0.15) is 0 Å². The molecule has 0 bridgehead atoms. The van der Waals surface area contributed by atoms with Gasteiger partial charge in [0.15, 0.2) is 23.9 Å². The highest BCUT2D eigenvalue weighted by Crippen LogP contribution is 2.38. The van der Waals surface area contributed by atoms with Gasteiger partial charge in [0.2, 0.25) is 6.79 Å². The number of benzene rings is 1. The van der Waals surface area contributed by atoms with Gasteiger partial charge in [-0.25, -0.2) is 9.78 Å². The molecule has 150 valence electrons. The normalized spacial score (nSPS) is 12.1. The van der Waals surface area contributed by atoms with E-state index in [4.69, 9.17) is 37.4 Å². The van der Waals surface area contributed by atoms with Gasteiger partial charge in [-0.1, -0.05) is 23.2 Å². The first kappa shape index (κ1) is 20.4. The Morgan fingerprint density at radius 2 is 2.00 bits per heavy atom. The first-order valence-corrected chi connectivity index (χ1v) is 8.63. The lowest BCUT2D eigenvalue weighted by Gasteiger charge is -2.06. The number of halogens is 2. The fourth-order valence-electron chi connectivity index (χ4n) is 2.26. The second-order valence-electron chi connectivity index (χ2n) is 5.49. The minimum atomic E-state index is -0.887. The van der Waals surface area contributed by atoms with Gasteiger partial charge in [0.25, 0.3) is 11.6 Å². The van der Waals surface area contributed by atoms with Crippen molar-refractivity contribution in [2.45, 2.75) is 0 Å². The summed E-state index contributed by atoms with van der Waals surface area (Å²) in [5, 5.41) is 14.0. The smallest absolute Gasteiger partial charge is 0.331 e. The molecule has 12 heteroatoms. The largest absolute Gasteiger partial charge is 0.454 e. The number of rotatable bonds is 6. The Hall–Kier alpha value is -3.37. The number of nitrogens with one attached hydrogen (secondary N) is 1. The van der Waals surface area contributed by atoms with Crippen LogP contribution in [0.3, 0.4) is 0 Å². The van der Waals surface area contributed by atoms with Gasteiger partial charge in [-0.3, -0.25) is 14.9 Å². The van der Waals surface area contributed by atoms with Crippen molar-refractivity contribution in [3.05, 3.63) is 56.2 Å². The van der Waals surface area contributed by atoms with E-state index in [-0.39, 0.29) is 34.6 Å². The maximum absolute atomic E-state index is 11.8. The second-order valence-corrected chi connectivity index (χ2v) is 6.34. The van der Waals surface area contributed by atoms with Crippen molar-refractivity contribution in [2.75, 3.05) is 18.7 Å². The summed E-state index contributed by atoms with van der Waals surface area (Å²) in [5.74, 6) is -0.957. The average Bonchev–Trinajstić information content (AvgIpc) is 3.13. The van der Waals surface area contributed by atoms with Crippen LogP contribution < -0.4 is 14.8 Å². The van der Waals surface area contributed by atoms with Crippen molar-refractivity contribution < 1.29 is 28.7 Å². The number of carbonyl (C=O) groups excluding carboxylic acids is 2. The number of pyridine rings is 1. The lowest BCUT2D eigenvalue weighted by atomic mass is 10.1. The summed E-state index contributed by atoms with van der Waals surface area (Å²) in [6.07, 6.45) is 3.42. The Bertz CT molecular complexity index is 1030. The quantitative estimate of drug-likeness (QED) is 0.314. The molecule has 29 heavy (non-hydrogen) atoms. The Balaban J connectivity index is 1.60. The van der Waals surface area contributed by atoms with Crippen LogP contribution >= 0.6 is 23.2 Å². The van der Waals surface area contributed by atoms with E-state index in [0.29, 0.717) is 10.8 Å². The van der Waals surface area contributed by atoms with Crippen LogP contribution in [0.2, 0.25) is 10.0 Å². The number of nitrogens with zero attached hydrogens (tertiary/aromatic N) is 2. The minimum absolute atomic E-state index is 0.0523. The molecule has 1 aliphatic heterocycles. The predicted molar refractivity (Wildman–Crippen MR) is 102 cm³/mol. The van der Waals surface area contributed by atoms with Gasteiger partial charge >= 0.3 is 5.97 Å². The molecule has 0 saturated carbocycles. The monoisotopic (exact) mass is 439 g/mol. The maximum atomic E-state index is 11.8. The predicted octanol–water partition coefficient (Wildman–Crippen LogP) is 3.22. The third-order valence-corrected chi connectivity index (χ3v) is 4.02. The molecule has 1 aliphatic rings. The highest BCUT2D eigenvalue weighted by molar-refractivity contribution is 6.36. The lowest BCUT2D eigenvalue weighted by Crippen LogP contribution is -2.20. The number of aromatic nitrogens is 1. The Kier molecular flexibility index (Phi) is 6.15. The summed E-state index contributed by atoms with van der Waals surface area (Å²) in [6.45, 7) is -0.670. The van der Waals surface area contributed by atoms with E-state index in [1.54, 1.807) is 0 Å². The SMILES string of the molecule is O=C(COC(=O)/C=C/c1cc2c(cc1[N+](=O)[O-])OCO2)Nc1ncc(Cl)cc1Cl. The number of nitro groups is 1. The van der Waals surface area contributed by atoms with Crippen molar-refractivity contribution in [3.63, 3.8) is 0 Å². The summed E-state index contributed by atoms with van der Waals surface area (Å²) < 4.78 is 15.0. The fourth-order valence-corrected chi connectivity index (χ4v) is 2.68. The Morgan fingerprint density at radius 1 is 1.28 bits per heavy atom. The minimum Gasteiger partial charge on any atom is -0.454 e. The first-order valence-electron chi connectivity index (χ1n) is 7.87. The zero-order valence-corrected chi connectivity index (χ0v) is 15.9. The molecule has 0 saturated heterocycles. The van der Waals surface area contributed by atoms with E-state index in [2.05, 4.69) is 10.3 Å². The Morgan fingerprint density at radius 3 is 2.69 bits per heavy atom. The maximum Gasteiger partial charge on any atom is 0.331 e. The summed E-state index contributed by atoms with van der Waals surface area (Å²) in [5.41, 5.74) is -0.169. The number of ether oxygens (including phenoxy) is 3. The van der Waals surface area contributed by atoms with Gasteiger partial charge in [-0.2, -0.15) is 0 Å². The molecule has 0 aliphatic carbocycles. The van der Waals surface area contributed by atoms with Crippen molar-refractivity contribution in [2.24, 2.45) is 0 Å². The molecule has 0 radical (unpaired) electrons. The molecule has 1 aromatic carbocycles. The molecule has 1 N–H and O–H groups in total. The molecule has 1 aromatic heterocycles. The van der Waals surface area contributed by atoms with E-state index in [9.17, 15) is 19.7 Å². The van der Waals surface area contributed by atoms with Crippen molar-refractivity contribution in [1.82, 2.24) is 4.98 Å². The number of nitro benzene ring substituents is 1. The number of amides is 1. The molecule has 2 heterocycles. The van der Waals surface area contributed by atoms with Crippen LogP contribution in [0.15, 0.2) is 30.5 Å². The van der Waals surface area contributed by atoms with Crippen LogP contribution in [0.5, 0.6) is 11.5 Å². The van der Waals surface area contributed by atoms with Crippen molar-refractivity contribution in [3.8, 4) is 11.5 Å². The number of anilines is 1. The number of esters is 1. The van der Waals surface area contributed by atoms with E-state index in [1.165, 1.54) is 30.5 Å². The van der Waals surface area contributed by atoms with Crippen LogP contribution in [0.1, 0.15) is 5.56 Å². The van der Waals surface area contributed by atoms with Gasteiger partial charge in [0, 0.05) is 12.3 Å². The molecule has 10 nitrogen and oxygen atoms in total. The number of hydrogen-bond donors (Lipinski definition) is 1. The molecule has 0 unspecified atom stereocenters. The number of carbonyl (C=O) groups is 2. The topological polar surface area (TPSA) is 130 Å². The summed E-state index contributed by atoms with van der Waals surface area (Å²) in [7, 11) is 0. The molecule has 0 fully saturated rings. The highest BCUT2D eigenvalue weighted by Gasteiger charge is 2.22. The lowest BCUT2D eigenvalue weighted by molar-refractivity contribution is -0.385. The standard InChI is InChI=1S/C17H11Cl2N3O7/c18-10-4-11(19)17(20-6-10)21-15(23)7-27-16(24)2-1-9-3-13-14(29-8-28-13)5-12(9)22(25)26/h1-6H,7-8H2,(H,20,21,23)/b2-1+. The summed E-state index contributed by atoms with van der Waals surface area (Å²) in [6, 6.07) is 3.95. The molecule has 0 atom stereocenters. The van der Waals surface area contributed by atoms with Crippen LogP contribution in [-0.4, -0.2) is 35.2 Å². The average molecular weight is 440 g/mol. The first-order chi connectivity index (χ1) is 13.8. The number of hydrogen-bond acceptors (Lipinski definition) is 8. The van der Waals surface area contributed by atoms with E-state index in [1.807, 2.05) is 0 Å². The summed E-state index contributed by atoms with van der Waals surface area (Å²) >= 11 is 11.6. The van der Waals surface area contributed by atoms with Gasteiger partial charge in [-0.15, -0.1) is 0 Å². The molecule has 0 spiro atoms. The second kappa shape index (κ2) is 8.76. The van der Waals surface area contributed by atoms with Crippen LogP contribution in [0.4, 0.5) is 11.5 Å². The van der Waals surface area contributed by atoms with E-state index >= 15 is 0 Å². The summed E-state index contributed by atoms with van der Waals surface area (Å²) in [4.78, 5) is 38.1. The third-order valence-electron chi connectivity index (χ3n) is 3.53. The third kappa shape index (κ3) is 5.12. The van der Waals surface area contributed by atoms with Crippen molar-refractivity contribution >= 4 is 52.7 Å². The molecular weight excluding hydrogens is 429 g/mol.